The van der Waals surface area contributed by atoms with Crippen molar-refractivity contribution in [3.63, 3.8) is 0 Å². The van der Waals surface area contributed by atoms with Crippen LogP contribution in [-0.4, -0.2) is 11.0 Å². The normalized spacial score (nSPS) is 11.8. The van der Waals surface area contributed by atoms with Gasteiger partial charge in [-0.25, -0.2) is 4.74 Å². The number of nitrogens with zero attached hydrogens (tertiary/aromatic N) is 2. The van der Waals surface area contributed by atoms with Crippen LogP contribution >= 0.6 is 11.6 Å². The third kappa shape index (κ3) is 3.27. The third-order valence-electron chi connectivity index (χ3n) is 3.59. The van der Waals surface area contributed by atoms with E-state index in [1.54, 1.807) is 12.1 Å². The molecule has 0 atom stereocenters. The van der Waals surface area contributed by atoms with Gasteiger partial charge in [0, 0.05) is 17.0 Å². The van der Waals surface area contributed by atoms with Crippen LogP contribution < -0.4 is 4.73 Å². The van der Waals surface area contributed by atoms with Crippen LogP contribution in [0.1, 0.15) is 16.7 Å². The van der Waals surface area contributed by atoms with Gasteiger partial charge in [0.15, 0.2) is 12.8 Å². The van der Waals surface area contributed by atoms with Crippen molar-refractivity contribution >= 4 is 28.7 Å². The molecule has 0 aliphatic rings. The van der Waals surface area contributed by atoms with Crippen molar-refractivity contribution in [3.8, 4) is 0 Å². The summed E-state index contributed by atoms with van der Waals surface area (Å²) in [4.78, 5) is 0. The number of fused-ring (bicyclic) bond motifs is 1. The lowest BCUT2D eigenvalue weighted by Crippen LogP contribution is -2.30. The Morgan fingerprint density at radius 2 is 1.87 bits per heavy atom. The lowest BCUT2D eigenvalue weighted by atomic mass is 10.1. The molecule has 1 aromatic heterocycles. The molecule has 0 saturated heterocycles. The van der Waals surface area contributed by atoms with E-state index in [2.05, 4.69) is 0 Å². The standard InChI is InChI=1S/C18H15ClN2O2/c1-13-7-8-17-15(9-13)10-16(18(19)21(17)23)12-20(22)11-14-5-3-2-4-6-14/h2-10,12H,11H2,1H3/b20-12-. The van der Waals surface area contributed by atoms with E-state index in [4.69, 9.17) is 11.6 Å². The molecule has 3 rings (SSSR count). The number of hydrogen-bond donors (Lipinski definition) is 0. The number of aromatic nitrogens is 1. The van der Waals surface area contributed by atoms with E-state index in [-0.39, 0.29) is 11.7 Å². The van der Waals surface area contributed by atoms with Crippen LogP contribution in [0.5, 0.6) is 0 Å². The molecule has 0 fully saturated rings. The van der Waals surface area contributed by atoms with Crippen molar-refractivity contribution in [2.75, 3.05) is 0 Å². The van der Waals surface area contributed by atoms with E-state index >= 15 is 0 Å². The highest BCUT2D eigenvalue weighted by molar-refractivity contribution is 6.31. The van der Waals surface area contributed by atoms with Crippen molar-refractivity contribution in [3.05, 3.63) is 86.9 Å². The van der Waals surface area contributed by atoms with Gasteiger partial charge >= 0.3 is 0 Å². The predicted octanol–water partition coefficient (Wildman–Crippen LogP) is 3.56. The number of rotatable bonds is 3. The summed E-state index contributed by atoms with van der Waals surface area (Å²) in [6, 6.07) is 16.6. The summed E-state index contributed by atoms with van der Waals surface area (Å²) in [5.41, 5.74) is 2.82. The summed E-state index contributed by atoms with van der Waals surface area (Å²) < 4.78 is 1.43. The zero-order valence-corrected chi connectivity index (χ0v) is 13.3. The molecule has 0 bridgehead atoms. The molecule has 0 aliphatic heterocycles. The second-order valence-electron chi connectivity index (χ2n) is 5.44. The fraction of sp³-hybridized carbons (Fsp3) is 0.111. The van der Waals surface area contributed by atoms with Crippen molar-refractivity contribution in [1.29, 1.82) is 0 Å². The minimum atomic E-state index is -0.00438. The monoisotopic (exact) mass is 326 g/mol. The van der Waals surface area contributed by atoms with Gasteiger partial charge < -0.3 is 10.4 Å². The average molecular weight is 327 g/mol. The Labute approximate surface area is 139 Å². The van der Waals surface area contributed by atoms with Gasteiger partial charge in [0.2, 0.25) is 5.52 Å². The molecular weight excluding hydrogens is 312 g/mol. The Balaban J connectivity index is 2.02. The van der Waals surface area contributed by atoms with Crippen LogP contribution in [-0.2, 0) is 6.54 Å². The molecule has 0 radical (unpaired) electrons. The van der Waals surface area contributed by atoms with Crippen molar-refractivity contribution in [2.45, 2.75) is 13.5 Å². The number of halogens is 1. The van der Waals surface area contributed by atoms with E-state index in [1.807, 2.05) is 49.4 Å². The van der Waals surface area contributed by atoms with Crippen LogP contribution in [0.3, 0.4) is 0 Å². The number of aryl methyl sites for hydroxylation is 1. The largest absolute Gasteiger partial charge is 0.624 e. The highest BCUT2D eigenvalue weighted by Gasteiger charge is 2.16. The third-order valence-corrected chi connectivity index (χ3v) is 3.97. The molecule has 2 aromatic carbocycles. The van der Waals surface area contributed by atoms with Crippen LogP contribution in [0, 0.1) is 17.3 Å². The molecule has 0 amide bonds. The molecule has 0 unspecified atom stereocenters. The highest BCUT2D eigenvalue weighted by Crippen LogP contribution is 2.19. The second kappa shape index (κ2) is 6.26. The lowest BCUT2D eigenvalue weighted by molar-refractivity contribution is -0.574. The summed E-state index contributed by atoms with van der Waals surface area (Å²) in [5.74, 6) is 0. The molecule has 0 saturated carbocycles. The van der Waals surface area contributed by atoms with Gasteiger partial charge in [0.1, 0.15) is 5.56 Å². The Kier molecular flexibility index (Phi) is 4.17. The first-order chi connectivity index (χ1) is 11.0. The first-order valence-corrected chi connectivity index (χ1v) is 7.57. The summed E-state index contributed by atoms with van der Waals surface area (Å²) in [6.45, 7) is 2.14. The van der Waals surface area contributed by atoms with Gasteiger partial charge in [-0.3, -0.25) is 0 Å². The predicted molar refractivity (Wildman–Crippen MR) is 91.6 cm³/mol. The molecule has 0 spiro atoms. The van der Waals surface area contributed by atoms with Crippen molar-refractivity contribution < 1.29 is 9.47 Å². The quantitative estimate of drug-likeness (QED) is 0.243. The maximum atomic E-state index is 12.2. The Morgan fingerprint density at radius 3 is 2.61 bits per heavy atom. The van der Waals surface area contributed by atoms with Gasteiger partial charge in [0.25, 0.3) is 5.15 Å². The smallest absolute Gasteiger partial charge is 0.300 e. The Morgan fingerprint density at radius 1 is 1.13 bits per heavy atom. The maximum Gasteiger partial charge on any atom is 0.300 e. The summed E-state index contributed by atoms with van der Waals surface area (Å²) in [7, 11) is 0. The second-order valence-corrected chi connectivity index (χ2v) is 5.80. The van der Waals surface area contributed by atoms with Crippen LogP contribution in [0.2, 0.25) is 5.15 Å². The highest BCUT2D eigenvalue weighted by atomic mass is 35.5. The van der Waals surface area contributed by atoms with E-state index in [0.29, 0.717) is 15.8 Å². The minimum Gasteiger partial charge on any atom is -0.624 e. The number of hydrogen-bond acceptors (Lipinski definition) is 2. The first-order valence-electron chi connectivity index (χ1n) is 7.19. The SMILES string of the molecule is Cc1ccc2c(c1)cc(/C=[N+](\[O-])Cc1ccccc1)c(Cl)[n+]2[O-]. The summed E-state index contributed by atoms with van der Waals surface area (Å²) in [6.07, 6.45) is 1.35. The zero-order valence-electron chi connectivity index (χ0n) is 12.6. The zero-order chi connectivity index (χ0) is 16.4. The minimum absolute atomic E-state index is 0.00438. The van der Waals surface area contributed by atoms with E-state index < -0.39 is 0 Å². The number of hydroxylamine groups is 1. The Bertz CT molecular complexity index is 892. The summed E-state index contributed by atoms with van der Waals surface area (Å²) in [5, 5.41) is 25.1. The molecular formula is C18H15ClN2O2. The van der Waals surface area contributed by atoms with Gasteiger partial charge in [-0.05, 0) is 30.7 Å². The van der Waals surface area contributed by atoms with Gasteiger partial charge in [-0.1, -0.05) is 42.0 Å². The van der Waals surface area contributed by atoms with E-state index in [1.165, 1.54) is 6.21 Å². The lowest BCUT2D eigenvalue weighted by Gasteiger charge is -2.08. The summed E-state index contributed by atoms with van der Waals surface area (Å²) >= 11 is 6.11. The molecule has 23 heavy (non-hydrogen) atoms. The molecule has 0 aliphatic carbocycles. The molecule has 1 heterocycles. The molecule has 0 N–H and O–H groups in total. The van der Waals surface area contributed by atoms with Gasteiger partial charge in [0.05, 0.1) is 0 Å². The van der Waals surface area contributed by atoms with Gasteiger partial charge in [-0.15, -0.1) is 0 Å². The van der Waals surface area contributed by atoms with Crippen LogP contribution in [0.4, 0.5) is 0 Å². The number of benzene rings is 2. The topological polar surface area (TPSA) is 53.0 Å². The molecule has 116 valence electrons. The number of pyridine rings is 1. The first kappa shape index (κ1) is 15.3. The maximum absolute atomic E-state index is 12.2. The van der Waals surface area contributed by atoms with E-state index in [0.717, 1.165) is 21.3 Å². The molecule has 3 aromatic rings. The van der Waals surface area contributed by atoms with Crippen LogP contribution in [0.15, 0.2) is 54.6 Å². The molecule has 5 heteroatoms. The Hall–Kier alpha value is -2.59. The fourth-order valence-corrected chi connectivity index (χ4v) is 2.67. The molecule has 4 nitrogen and oxygen atoms in total. The van der Waals surface area contributed by atoms with Crippen molar-refractivity contribution in [2.24, 2.45) is 0 Å². The fourth-order valence-electron chi connectivity index (χ4n) is 2.48. The van der Waals surface area contributed by atoms with Gasteiger partial charge in [-0.2, -0.15) is 4.73 Å². The van der Waals surface area contributed by atoms with E-state index in [9.17, 15) is 10.4 Å². The van der Waals surface area contributed by atoms with Crippen LogP contribution in [0.25, 0.3) is 10.9 Å². The average Bonchev–Trinajstić information content (AvgIpc) is 2.53. The van der Waals surface area contributed by atoms with Crippen molar-refractivity contribution in [1.82, 2.24) is 0 Å².